The molecule has 2 aromatic rings. The second-order valence-electron chi connectivity index (χ2n) is 4.80. The molecule has 3 rings (SSSR count). The predicted molar refractivity (Wildman–Crippen MR) is 81.1 cm³/mol. The van der Waals surface area contributed by atoms with E-state index in [1.165, 1.54) is 6.20 Å². The molecule has 0 spiro atoms. The maximum atomic E-state index is 9.20. The summed E-state index contributed by atoms with van der Waals surface area (Å²) in [4.78, 5) is 13.0. The lowest BCUT2D eigenvalue weighted by Crippen LogP contribution is -2.47. The fraction of sp³-hybridized carbons (Fsp3) is 0.357. The molecule has 1 aliphatic rings. The van der Waals surface area contributed by atoms with Gasteiger partial charge in [-0.2, -0.15) is 4.98 Å². The van der Waals surface area contributed by atoms with Crippen molar-refractivity contribution in [1.82, 2.24) is 20.0 Å². The van der Waals surface area contributed by atoms with E-state index in [1.807, 2.05) is 23.2 Å². The van der Waals surface area contributed by atoms with Gasteiger partial charge in [0, 0.05) is 31.0 Å². The van der Waals surface area contributed by atoms with E-state index >= 15 is 0 Å². The predicted octanol–water partition coefficient (Wildman–Crippen LogP) is 0.331. The molecule has 8 nitrogen and oxygen atoms in total. The number of hydrazine groups is 1. The first-order valence-corrected chi connectivity index (χ1v) is 7.05. The first-order valence-electron chi connectivity index (χ1n) is 7.05. The Morgan fingerprint density at radius 2 is 2.09 bits per heavy atom. The van der Waals surface area contributed by atoms with Crippen LogP contribution in [0.1, 0.15) is 5.56 Å². The second kappa shape index (κ2) is 6.65. The molecular weight excluding hydrogens is 284 g/mol. The van der Waals surface area contributed by atoms with E-state index < -0.39 is 0 Å². The summed E-state index contributed by atoms with van der Waals surface area (Å²) in [6.07, 6.45) is 3.25. The quantitative estimate of drug-likeness (QED) is 0.833. The van der Waals surface area contributed by atoms with Crippen molar-refractivity contribution in [2.24, 2.45) is 0 Å². The number of rotatable bonds is 4. The summed E-state index contributed by atoms with van der Waals surface area (Å²) >= 11 is 0. The van der Waals surface area contributed by atoms with E-state index in [0.717, 1.165) is 0 Å². The molecule has 0 radical (unpaired) electrons. The third-order valence-corrected chi connectivity index (χ3v) is 3.38. The van der Waals surface area contributed by atoms with Crippen molar-refractivity contribution in [2.45, 2.75) is 6.61 Å². The minimum Gasteiger partial charge on any atom is -0.391 e. The van der Waals surface area contributed by atoms with E-state index in [1.54, 1.807) is 6.20 Å². The van der Waals surface area contributed by atoms with Crippen LogP contribution in [0.3, 0.4) is 0 Å². The zero-order valence-electron chi connectivity index (χ0n) is 12.1. The first kappa shape index (κ1) is 14.6. The molecule has 2 aromatic heterocycles. The molecule has 3 N–H and O–H groups in total. The normalized spacial score (nSPS) is 15.7. The van der Waals surface area contributed by atoms with Crippen molar-refractivity contribution in [3.63, 3.8) is 0 Å². The Morgan fingerprint density at radius 1 is 1.27 bits per heavy atom. The number of aromatic nitrogens is 3. The zero-order valence-corrected chi connectivity index (χ0v) is 12.1. The second-order valence-corrected chi connectivity index (χ2v) is 4.80. The van der Waals surface area contributed by atoms with Gasteiger partial charge in [0.1, 0.15) is 11.6 Å². The molecule has 1 saturated heterocycles. The van der Waals surface area contributed by atoms with Crippen LogP contribution in [0.25, 0.3) is 0 Å². The van der Waals surface area contributed by atoms with E-state index in [4.69, 9.17) is 10.5 Å². The lowest BCUT2D eigenvalue weighted by Gasteiger charge is -2.36. The van der Waals surface area contributed by atoms with Gasteiger partial charge in [-0.25, -0.2) is 20.0 Å². The van der Waals surface area contributed by atoms with Crippen molar-refractivity contribution in [3.8, 4) is 0 Å². The van der Waals surface area contributed by atoms with Gasteiger partial charge in [0.25, 0.3) is 0 Å². The number of nitrogens with two attached hydrogens (primary N) is 1. The highest BCUT2D eigenvalue weighted by Crippen LogP contribution is 2.24. The number of pyridine rings is 1. The van der Waals surface area contributed by atoms with E-state index in [2.05, 4.69) is 20.0 Å². The van der Waals surface area contributed by atoms with Gasteiger partial charge in [0.05, 0.1) is 19.8 Å². The summed E-state index contributed by atoms with van der Waals surface area (Å²) in [6, 6.07) is 5.64. The molecule has 1 fully saturated rings. The Bertz CT molecular complexity index is 618. The number of nitrogen functional groups attached to an aromatic ring is 1. The highest BCUT2D eigenvalue weighted by molar-refractivity contribution is 5.53. The summed E-state index contributed by atoms with van der Waals surface area (Å²) in [6.45, 7) is 2.50. The highest BCUT2D eigenvalue weighted by Gasteiger charge is 2.24. The van der Waals surface area contributed by atoms with Crippen LogP contribution in [0, 0.1) is 0 Å². The fourth-order valence-electron chi connectivity index (χ4n) is 2.24. The average molecular weight is 302 g/mol. The maximum absolute atomic E-state index is 9.20. The van der Waals surface area contributed by atoms with Crippen molar-refractivity contribution in [2.75, 3.05) is 37.0 Å². The molecule has 3 heterocycles. The number of nitrogens with zero attached hydrogens (tertiary/aromatic N) is 5. The fourth-order valence-corrected chi connectivity index (χ4v) is 2.24. The molecule has 0 saturated carbocycles. The van der Waals surface area contributed by atoms with Crippen molar-refractivity contribution < 1.29 is 9.84 Å². The number of aliphatic hydroxyl groups excluding tert-OH is 1. The van der Waals surface area contributed by atoms with Gasteiger partial charge in [-0.05, 0) is 12.1 Å². The Hall–Kier alpha value is -2.29. The molecule has 0 bridgehead atoms. The SMILES string of the molecule is Nc1nc(N(c2ccccn2)N2CCOCC2)ncc1CO. The Labute approximate surface area is 128 Å². The van der Waals surface area contributed by atoms with Crippen LogP contribution < -0.4 is 10.7 Å². The van der Waals surface area contributed by atoms with Gasteiger partial charge in [0.2, 0.25) is 5.95 Å². The summed E-state index contributed by atoms with van der Waals surface area (Å²) in [7, 11) is 0. The summed E-state index contributed by atoms with van der Waals surface area (Å²) in [5, 5.41) is 13.1. The van der Waals surface area contributed by atoms with Crippen LogP contribution in [-0.2, 0) is 11.3 Å². The van der Waals surface area contributed by atoms with Crippen LogP contribution in [0.2, 0.25) is 0 Å². The molecule has 116 valence electrons. The van der Waals surface area contributed by atoms with Gasteiger partial charge in [0.15, 0.2) is 0 Å². The van der Waals surface area contributed by atoms with E-state index in [-0.39, 0.29) is 12.4 Å². The minimum absolute atomic E-state index is 0.187. The smallest absolute Gasteiger partial charge is 0.248 e. The largest absolute Gasteiger partial charge is 0.391 e. The summed E-state index contributed by atoms with van der Waals surface area (Å²) in [5.74, 6) is 1.40. The zero-order chi connectivity index (χ0) is 15.4. The highest BCUT2D eigenvalue weighted by atomic mass is 16.5. The molecular formula is C14H18N6O2. The van der Waals surface area contributed by atoms with Crippen LogP contribution in [0.5, 0.6) is 0 Å². The molecule has 0 aromatic carbocycles. The number of morpholine rings is 1. The van der Waals surface area contributed by atoms with E-state index in [0.29, 0.717) is 43.6 Å². The summed E-state index contributed by atoms with van der Waals surface area (Å²) in [5.41, 5.74) is 6.38. The molecule has 22 heavy (non-hydrogen) atoms. The third-order valence-electron chi connectivity index (χ3n) is 3.38. The van der Waals surface area contributed by atoms with Crippen LogP contribution in [0.15, 0.2) is 30.6 Å². The molecule has 0 atom stereocenters. The average Bonchev–Trinajstić information content (AvgIpc) is 2.57. The van der Waals surface area contributed by atoms with Gasteiger partial charge in [-0.15, -0.1) is 0 Å². The topological polar surface area (TPSA) is 101 Å². The first-order chi connectivity index (χ1) is 10.8. The summed E-state index contributed by atoms with van der Waals surface area (Å²) < 4.78 is 5.39. The number of hydrogen-bond donors (Lipinski definition) is 2. The van der Waals surface area contributed by atoms with Crippen LogP contribution in [-0.4, -0.2) is 51.4 Å². The molecule has 0 aliphatic carbocycles. The van der Waals surface area contributed by atoms with E-state index in [9.17, 15) is 5.11 Å². The van der Waals surface area contributed by atoms with Crippen LogP contribution in [0.4, 0.5) is 17.6 Å². The number of ether oxygens (including phenoxy) is 1. The molecule has 0 unspecified atom stereocenters. The van der Waals surface area contributed by atoms with Gasteiger partial charge >= 0.3 is 0 Å². The number of aliphatic hydroxyl groups is 1. The van der Waals surface area contributed by atoms with Crippen molar-refractivity contribution in [1.29, 1.82) is 0 Å². The lowest BCUT2D eigenvalue weighted by atomic mass is 10.3. The standard InChI is InChI=1S/C14H18N6O2/c15-13-11(10-21)9-17-14(18-13)20(12-3-1-2-4-16-12)19-5-7-22-8-6-19/h1-4,9,21H,5-8,10H2,(H2,15,17,18). The van der Waals surface area contributed by atoms with Gasteiger partial charge in [-0.3, -0.25) is 0 Å². The number of hydrogen-bond acceptors (Lipinski definition) is 8. The molecule has 1 aliphatic heterocycles. The molecule has 8 heteroatoms. The van der Waals surface area contributed by atoms with Crippen molar-refractivity contribution >= 4 is 17.6 Å². The molecule has 0 amide bonds. The third kappa shape index (κ3) is 2.98. The van der Waals surface area contributed by atoms with Gasteiger partial charge < -0.3 is 15.6 Å². The van der Waals surface area contributed by atoms with Gasteiger partial charge in [-0.1, -0.05) is 6.07 Å². The minimum atomic E-state index is -0.187. The Kier molecular flexibility index (Phi) is 4.42. The Morgan fingerprint density at radius 3 is 2.73 bits per heavy atom. The maximum Gasteiger partial charge on any atom is 0.248 e. The Balaban J connectivity index is 1.99. The van der Waals surface area contributed by atoms with Crippen molar-refractivity contribution in [3.05, 3.63) is 36.2 Å². The number of anilines is 3. The monoisotopic (exact) mass is 302 g/mol. The van der Waals surface area contributed by atoms with Crippen LogP contribution >= 0.6 is 0 Å². The lowest BCUT2D eigenvalue weighted by molar-refractivity contribution is 0.0368.